The lowest BCUT2D eigenvalue weighted by atomic mass is 9.97. The van der Waals surface area contributed by atoms with Crippen molar-refractivity contribution in [2.75, 3.05) is 17.2 Å². The topological polar surface area (TPSA) is 65.8 Å². The maximum absolute atomic E-state index is 12.4. The second-order valence-corrected chi connectivity index (χ2v) is 6.59. The maximum atomic E-state index is 12.4. The minimum Gasteiger partial charge on any atom is -0.385 e. The summed E-state index contributed by atoms with van der Waals surface area (Å²) in [5.41, 5.74) is 3.42. The highest BCUT2D eigenvalue weighted by Gasteiger charge is 2.16. The van der Waals surface area contributed by atoms with Gasteiger partial charge in [-0.1, -0.05) is 26.7 Å². The van der Waals surface area contributed by atoms with E-state index in [1.165, 1.54) is 0 Å². The number of carbonyl (C=O) groups excluding carboxylic acids is 1. The summed E-state index contributed by atoms with van der Waals surface area (Å²) in [4.78, 5) is 12.4. The van der Waals surface area contributed by atoms with Crippen LogP contribution in [0.15, 0.2) is 58.8 Å². The first kappa shape index (κ1) is 20.6. The third kappa shape index (κ3) is 6.85. The van der Waals surface area contributed by atoms with Crippen LogP contribution in [-0.2, 0) is 4.79 Å². The van der Waals surface area contributed by atoms with Crippen molar-refractivity contribution in [1.29, 1.82) is 0 Å². The van der Waals surface area contributed by atoms with Crippen molar-refractivity contribution in [1.82, 2.24) is 0 Å². The highest BCUT2D eigenvalue weighted by Crippen LogP contribution is 2.22. The lowest BCUT2D eigenvalue weighted by Crippen LogP contribution is -2.22. The summed E-state index contributed by atoms with van der Waals surface area (Å²) in [5.74, 6) is 0.193. The van der Waals surface area contributed by atoms with Crippen molar-refractivity contribution in [2.45, 2.75) is 46.5 Å². The van der Waals surface area contributed by atoms with Gasteiger partial charge in [0.15, 0.2) is 0 Å². The van der Waals surface area contributed by atoms with Crippen LogP contribution in [0.3, 0.4) is 0 Å². The Balaban J connectivity index is 1.94. The first-order valence-corrected chi connectivity index (χ1v) is 9.82. The van der Waals surface area contributed by atoms with E-state index in [0.717, 1.165) is 55.0 Å². The number of azo groups is 1. The van der Waals surface area contributed by atoms with E-state index in [4.69, 9.17) is 0 Å². The van der Waals surface area contributed by atoms with E-state index in [1.807, 2.05) is 48.5 Å². The summed E-state index contributed by atoms with van der Waals surface area (Å²) in [6, 6.07) is 15.3. The highest BCUT2D eigenvalue weighted by atomic mass is 16.1. The molecule has 144 valence electrons. The average Bonchev–Trinajstić information content (AvgIpc) is 2.68. The number of anilines is 2. The van der Waals surface area contributed by atoms with Gasteiger partial charge in [0.05, 0.1) is 11.4 Å². The average molecular weight is 367 g/mol. The summed E-state index contributed by atoms with van der Waals surface area (Å²) in [6.07, 6.45) is 3.90. The van der Waals surface area contributed by atoms with E-state index in [1.54, 1.807) is 0 Å². The van der Waals surface area contributed by atoms with Crippen molar-refractivity contribution < 1.29 is 4.79 Å². The lowest BCUT2D eigenvalue weighted by molar-refractivity contribution is -0.120. The Morgan fingerprint density at radius 3 is 1.74 bits per heavy atom. The molecule has 0 saturated heterocycles. The van der Waals surface area contributed by atoms with E-state index in [-0.39, 0.29) is 11.8 Å². The van der Waals surface area contributed by atoms with Crippen molar-refractivity contribution in [2.24, 2.45) is 16.1 Å². The molecule has 0 bridgehead atoms. The van der Waals surface area contributed by atoms with Crippen LogP contribution in [0.25, 0.3) is 0 Å². The quantitative estimate of drug-likeness (QED) is 0.460. The monoisotopic (exact) mass is 366 g/mol. The van der Waals surface area contributed by atoms with Gasteiger partial charge >= 0.3 is 0 Å². The van der Waals surface area contributed by atoms with Gasteiger partial charge in [-0.15, -0.1) is 0 Å². The molecule has 0 aromatic heterocycles. The minimum absolute atomic E-state index is 0.0875. The molecule has 27 heavy (non-hydrogen) atoms. The largest absolute Gasteiger partial charge is 0.385 e. The van der Waals surface area contributed by atoms with Crippen molar-refractivity contribution in [3.8, 4) is 0 Å². The summed E-state index contributed by atoms with van der Waals surface area (Å²) >= 11 is 0. The molecule has 0 fully saturated rings. The zero-order valence-electron chi connectivity index (χ0n) is 16.5. The normalized spacial score (nSPS) is 11.1. The number of nitrogens with zero attached hydrogens (tertiary/aromatic N) is 2. The molecule has 0 spiro atoms. The van der Waals surface area contributed by atoms with Crippen LogP contribution in [0.2, 0.25) is 0 Å². The molecule has 0 saturated carbocycles. The first-order chi connectivity index (χ1) is 13.2. The number of hydrogen-bond donors (Lipinski definition) is 2. The Morgan fingerprint density at radius 1 is 0.815 bits per heavy atom. The van der Waals surface area contributed by atoms with Crippen LogP contribution >= 0.6 is 0 Å². The molecule has 0 aliphatic heterocycles. The smallest absolute Gasteiger partial charge is 0.227 e. The Morgan fingerprint density at radius 2 is 1.30 bits per heavy atom. The van der Waals surface area contributed by atoms with E-state index in [2.05, 4.69) is 41.6 Å². The van der Waals surface area contributed by atoms with E-state index in [9.17, 15) is 4.79 Å². The molecule has 5 heteroatoms. The number of rotatable bonds is 10. The molecule has 0 aliphatic carbocycles. The van der Waals surface area contributed by atoms with Gasteiger partial charge in [0.25, 0.3) is 0 Å². The molecule has 1 amide bonds. The highest BCUT2D eigenvalue weighted by molar-refractivity contribution is 5.92. The molecule has 0 atom stereocenters. The third-order valence-electron chi connectivity index (χ3n) is 4.31. The van der Waals surface area contributed by atoms with Gasteiger partial charge in [0, 0.05) is 23.8 Å². The third-order valence-corrected chi connectivity index (χ3v) is 4.31. The number of carbonyl (C=O) groups is 1. The molecule has 0 aliphatic rings. The van der Waals surface area contributed by atoms with Crippen LogP contribution in [0.1, 0.15) is 46.5 Å². The molecule has 2 rings (SSSR count). The zero-order chi connectivity index (χ0) is 19.5. The second-order valence-electron chi connectivity index (χ2n) is 6.59. The Hall–Kier alpha value is -2.69. The predicted octanol–water partition coefficient (Wildman–Crippen LogP) is 6.69. The number of benzene rings is 2. The molecule has 5 nitrogen and oxygen atoms in total. The van der Waals surface area contributed by atoms with Crippen molar-refractivity contribution >= 4 is 28.7 Å². The van der Waals surface area contributed by atoms with Gasteiger partial charge < -0.3 is 10.6 Å². The van der Waals surface area contributed by atoms with Crippen LogP contribution in [0.5, 0.6) is 0 Å². The van der Waals surface area contributed by atoms with E-state index in [0.29, 0.717) is 0 Å². The standard InChI is InChI=1S/C22H30N4O/c1-4-7-17(8-5-2)22(27)24-19-11-15-21(16-12-19)26-25-20-13-9-18(10-14-20)23-6-3/h9-17,23H,4-8H2,1-3H3,(H,24,27). The van der Waals surface area contributed by atoms with Gasteiger partial charge in [-0.3, -0.25) is 4.79 Å². The van der Waals surface area contributed by atoms with Gasteiger partial charge in [0.1, 0.15) is 0 Å². The molecule has 0 heterocycles. The predicted molar refractivity (Wildman–Crippen MR) is 113 cm³/mol. The second kappa shape index (κ2) is 11.1. The number of amides is 1. The fourth-order valence-corrected chi connectivity index (χ4v) is 2.92. The molecular formula is C22H30N4O. The number of nitrogens with one attached hydrogen (secondary N) is 2. The van der Waals surface area contributed by atoms with Gasteiger partial charge in [-0.25, -0.2) is 0 Å². The fraction of sp³-hybridized carbons (Fsp3) is 0.409. The zero-order valence-corrected chi connectivity index (χ0v) is 16.5. The number of hydrogen-bond acceptors (Lipinski definition) is 4. The lowest BCUT2D eigenvalue weighted by Gasteiger charge is -2.15. The Kier molecular flexibility index (Phi) is 8.49. The van der Waals surface area contributed by atoms with Crippen LogP contribution in [0.4, 0.5) is 22.7 Å². The molecule has 2 aromatic carbocycles. The van der Waals surface area contributed by atoms with E-state index < -0.39 is 0 Å². The van der Waals surface area contributed by atoms with Crippen LogP contribution in [-0.4, -0.2) is 12.5 Å². The van der Waals surface area contributed by atoms with Crippen molar-refractivity contribution in [3.05, 3.63) is 48.5 Å². The van der Waals surface area contributed by atoms with Crippen LogP contribution < -0.4 is 10.6 Å². The van der Waals surface area contributed by atoms with E-state index >= 15 is 0 Å². The van der Waals surface area contributed by atoms with Gasteiger partial charge in [-0.2, -0.15) is 10.2 Å². The van der Waals surface area contributed by atoms with Gasteiger partial charge in [0.2, 0.25) is 5.91 Å². The molecule has 2 N–H and O–H groups in total. The Labute approximate surface area is 162 Å². The summed E-state index contributed by atoms with van der Waals surface area (Å²) < 4.78 is 0. The molecule has 2 aromatic rings. The maximum Gasteiger partial charge on any atom is 0.227 e. The van der Waals surface area contributed by atoms with Crippen molar-refractivity contribution in [3.63, 3.8) is 0 Å². The first-order valence-electron chi connectivity index (χ1n) is 9.82. The molecular weight excluding hydrogens is 336 g/mol. The molecule has 0 radical (unpaired) electrons. The van der Waals surface area contributed by atoms with Crippen LogP contribution in [0, 0.1) is 5.92 Å². The molecule has 0 unspecified atom stereocenters. The summed E-state index contributed by atoms with van der Waals surface area (Å²) in [5, 5.41) is 14.8. The summed E-state index contributed by atoms with van der Waals surface area (Å²) in [6.45, 7) is 7.18. The summed E-state index contributed by atoms with van der Waals surface area (Å²) in [7, 11) is 0. The SMILES string of the molecule is CCCC(CCC)C(=O)Nc1ccc(N=Nc2ccc(NCC)cc2)cc1. The minimum atomic E-state index is 0.0875. The fourth-order valence-electron chi connectivity index (χ4n) is 2.92. The van der Waals surface area contributed by atoms with Gasteiger partial charge in [-0.05, 0) is 68.3 Å². The Bertz CT molecular complexity index is 717.